The molecular weight excluding hydrogens is 301 g/mol. The number of hydrogen-bond donors (Lipinski definition) is 1. The minimum atomic E-state index is -0.426. The van der Waals surface area contributed by atoms with E-state index in [2.05, 4.69) is 12.2 Å². The van der Waals surface area contributed by atoms with E-state index in [1.807, 2.05) is 37.3 Å². The molecule has 0 aliphatic carbocycles. The highest BCUT2D eigenvalue weighted by atomic mass is 35.5. The lowest BCUT2D eigenvalue weighted by Gasteiger charge is -2.23. The van der Waals surface area contributed by atoms with Crippen molar-refractivity contribution in [3.63, 3.8) is 0 Å². The first-order chi connectivity index (χ1) is 10.5. The maximum atomic E-state index is 13.1. The number of carbonyl (C=O) groups excluding carboxylic acids is 1. The molecule has 2 atom stereocenters. The van der Waals surface area contributed by atoms with Crippen molar-refractivity contribution in [1.29, 1.82) is 0 Å². The highest BCUT2D eigenvalue weighted by molar-refractivity contribution is 6.33. The Morgan fingerprint density at radius 2 is 1.91 bits per heavy atom. The molecule has 0 spiro atoms. The Hall–Kier alpha value is -1.87. The zero-order valence-electron chi connectivity index (χ0n) is 12.6. The molecule has 0 fully saturated rings. The summed E-state index contributed by atoms with van der Waals surface area (Å²) in [6.45, 7) is 4.10. The third-order valence-corrected chi connectivity index (χ3v) is 4.16. The molecule has 1 N–H and O–H groups in total. The zero-order valence-corrected chi connectivity index (χ0v) is 13.4. The van der Waals surface area contributed by atoms with Gasteiger partial charge in [-0.1, -0.05) is 62.2 Å². The van der Waals surface area contributed by atoms with Gasteiger partial charge in [-0.3, -0.25) is 4.79 Å². The Labute approximate surface area is 135 Å². The first kappa shape index (κ1) is 16.5. The zero-order chi connectivity index (χ0) is 16.1. The monoisotopic (exact) mass is 319 g/mol. The summed E-state index contributed by atoms with van der Waals surface area (Å²) in [7, 11) is 0. The minimum Gasteiger partial charge on any atom is -0.324 e. The highest BCUT2D eigenvalue weighted by Gasteiger charge is 2.26. The van der Waals surface area contributed by atoms with Crippen LogP contribution >= 0.6 is 11.6 Å². The van der Waals surface area contributed by atoms with Crippen LogP contribution in [0.25, 0.3) is 0 Å². The number of amides is 1. The van der Waals surface area contributed by atoms with Crippen molar-refractivity contribution < 1.29 is 9.18 Å². The SMILES string of the molecule is CC[C@@H](C)[C@@H](C(=O)Nc1ccc(F)cc1Cl)c1ccccc1. The van der Waals surface area contributed by atoms with Crippen LogP contribution in [-0.4, -0.2) is 5.91 Å². The van der Waals surface area contributed by atoms with Crippen LogP contribution in [0.1, 0.15) is 31.7 Å². The standard InChI is InChI=1S/C18H19ClFNO/c1-3-12(2)17(13-7-5-4-6-8-13)18(22)21-16-10-9-14(20)11-15(16)19/h4-12,17H,3H2,1-2H3,(H,21,22)/t12-,17-/m1/s1. The van der Waals surface area contributed by atoms with Crippen LogP contribution in [0.5, 0.6) is 0 Å². The molecule has 0 bridgehead atoms. The number of hydrogen-bond acceptors (Lipinski definition) is 1. The second-order valence-corrected chi connectivity index (χ2v) is 5.79. The molecule has 0 aromatic heterocycles. The smallest absolute Gasteiger partial charge is 0.232 e. The summed E-state index contributed by atoms with van der Waals surface area (Å²) in [6, 6.07) is 13.6. The van der Waals surface area contributed by atoms with Gasteiger partial charge in [-0.05, 0) is 29.7 Å². The minimum absolute atomic E-state index is 0.131. The number of nitrogens with one attached hydrogen (secondary N) is 1. The molecule has 0 unspecified atom stereocenters. The van der Waals surface area contributed by atoms with Crippen LogP contribution in [0, 0.1) is 11.7 Å². The largest absolute Gasteiger partial charge is 0.324 e. The van der Waals surface area contributed by atoms with Gasteiger partial charge in [0.05, 0.1) is 16.6 Å². The van der Waals surface area contributed by atoms with Gasteiger partial charge >= 0.3 is 0 Å². The van der Waals surface area contributed by atoms with E-state index in [1.54, 1.807) is 0 Å². The molecule has 1 amide bonds. The lowest BCUT2D eigenvalue weighted by Crippen LogP contribution is -2.26. The molecule has 0 heterocycles. The number of benzene rings is 2. The summed E-state index contributed by atoms with van der Waals surface area (Å²) in [5.41, 5.74) is 1.39. The number of halogens is 2. The Bertz CT molecular complexity index is 645. The van der Waals surface area contributed by atoms with Crippen LogP contribution in [0.2, 0.25) is 5.02 Å². The van der Waals surface area contributed by atoms with Crippen molar-refractivity contribution in [2.24, 2.45) is 5.92 Å². The summed E-state index contributed by atoms with van der Waals surface area (Å²) in [5.74, 6) is -0.646. The average Bonchev–Trinajstić information content (AvgIpc) is 2.51. The Morgan fingerprint density at radius 1 is 1.23 bits per heavy atom. The van der Waals surface area contributed by atoms with Gasteiger partial charge in [0.1, 0.15) is 5.82 Å². The molecule has 2 nitrogen and oxygen atoms in total. The lowest BCUT2D eigenvalue weighted by atomic mass is 9.85. The first-order valence-electron chi connectivity index (χ1n) is 7.33. The molecule has 0 saturated carbocycles. The normalized spacial score (nSPS) is 13.5. The molecule has 2 aromatic carbocycles. The van der Waals surface area contributed by atoms with E-state index >= 15 is 0 Å². The van der Waals surface area contributed by atoms with Gasteiger partial charge in [0.15, 0.2) is 0 Å². The summed E-state index contributed by atoms with van der Waals surface area (Å²) in [4.78, 5) is 12.7. The highest BCUT2D eigenvalue weighted by Crippen LogP contribution is 2.30. The van der Waals surface area contributed by atoms with Gasteiger partial charge < -0.3 is 5.32 Å². The Balaban J connectivity index is 2.26. The third kappa shape index (κ3) is 3.86. The van der Waals surface area contributed by atoms with Crippen LogP contribution in [0.3, 0.4) is 0 Å². The molecule has 4 heteroatoms. The van der Waals surface area contributed by atoms with Crippen molar-refractivity contribution in [2.75, 3.05) is 5.32 Å². The maximum absolute atomic E-state index is 13.1. The molecule has 2 rings (SSSR count). The molecule has 0 saturated heterocycles. The number of rotatable bonds is 5. The predicted octanol–water partition coefficient (Wildman–Crippen LogP) is 5.25. The van der Waals surface area contributed by atoms with E-state index in [1.165, 1.54) is 18.2 Å². The summed E-state index contributed by atoms with van der Waals surface area (Å²) in [5, 5.41) is 3.01. The van der Waals surface area contributed by atoms with Crippen molar-refractivity contribution >= 4 is 23.2 Å². The molecule has 0 aliphatic heterocycles. The first-order valence-corrected chi connectivity index (χ1v) is 7.71. The van der Waals surface area contributed by atoms with E-state index in [4.69, 9.17) is 11.6 Å². The molecule has 0 radical (unpaired) electrons. The van der Waals surface area contributed by atoms with Crippen LogP contribution in [-0.2, 0) is 4.79 Å². The van der Waals surface area contributed by atoms with Crippen molar-refractivity contribution in [3.05, 3.63) is 64.9 Å². The Kier molecular flexibility index (Phi) is 5.56. The van der Waals surface area contributed by atoms with Gasteiger partial charge in [-0.25, -0.2) is 4.39 Å². The van der Waals surface area contributed by atoms with Crippen molar-refractivity contribution in [3.8, 4) is 0 Å². The summed E-state index contributed by atoms with van der Waals surface area (Å²) in [6.07, 6.45) is 0.879. The topological polar surface area (TPSA) is 29.1 Å². The van der Waals surface area contributed by atoms with Gasteiger partial charge in [0, 0.05) is 0 Å². The van der Waals surface area contributed by atoms with E-state index in [0.29, 0.717) is 5.69 Å². The number of carbonyl (C=O) groups is 1. The van der Waals surface area contributed by atoms with E-state index in [-0.39, 0.29) is 22.8 Å². The fraction of sp³-hybridized carbons (Fsp3) is 0.278. The van der Waals surface area contributed by atoms with E-state index in [0.717, 1.165) is 12.0 Å². The second-order valence-electron chi connectivity index (χ2n) is 5.39. The van der Waals surface area contributed by atoms with Gasteiger partial charge in [0.25, 0.3) is 0 Å². The lowest BCUT2D eigenvalue weighted by molar-refractivity contribution is -0.118. The molecule has 0 aliphatic rings. The average molecular weight is 320 g/mol. The van der Waals surface area contributed by atoms with Crippen LogP contribution < -0.4 is 5.32 Å². The molecular formula is C18H19ClFNO. The van der Waals surface area contributed by atoms with Gasteiger partial charge in [0.2, 0.25) is 5.91 Å². The van der Waals surface area contributed by atoms with Gasteiger partial charge in [-0.15, -0.1) is 0 Å². The van der Waals surface area contributed by atoms with Crippen LogP contribution in [0.15, 0.2) is 48.5 Å². The van der Waals surface area contributed by atoms with Crippen molar-refractivity contribution in [1.82, 2.24) is 0 Å². The van der Waals surface area contributed by atoms with E-state index < -0.39 is 5.82 Å². The van der Waals surface area contributed by atoms with Crippen molar-refractivity contribution in [2.45, 2.75) is 26.2 Å². The van der Waals surface area contributed by atoms with Crippen LogP contribution in [0.4, 0.5) is 10.1 Å². The second kappa shape index (κ2) is 7.41. The molecule has 116 valence electrons. The quantitative estimate of drug-likeness (QED) is 0.801. The fourth-order valence-corrected chi connectivity index (χ4v) is 2.65. The summed E-state index contributed by atoms with van der Waals surface area (Å²) >= 11 is 5.98. The maximum Gasteiger partial charge on any atom is 0.232 e. The predicted molar refractivity (Wildman–Crippen MR) is 88.7 cm³/mol. The fourth-order valence-electron chi connectivity index (χ4n) is 2.44. The molecule has 2 aromatic rings. The van der Waals surface area contributed by atoms with Gasteiger partial charge in [-0.2, -0.15) is 0 Å². The number of anilines is 1. The third-order valence-electron chi connectivity index (χ3n) is 3.84. The Morgan fingerprint density at radius 3 is 2.50 bits per heavy atom. The summed E-state index contributed by atoms with van der Waals surface area (Å²) < 4.78 is 13.1. The van der Waals surface area contributed by atoms with E-state index in [9.17, 15) is 9.18 Å². The molecule has 22 heavy (non-hydrogen) atoms.